The van der Waals surface area contributed by atoms with Gasteiger partial charge in [-0.1, -0.05) is 12.1 Å². The van der Waals surface area contributed by atoms with Crippen molar-refractivity contribution in [3.05, 3.63) is 62.0 Å². The molecule has 1 N–H and O–H groups in total. The third-order valence-electron chi connectivity index (χ3n) is 4.12. The smallest absolute Gasteiger partial charge is 0.332 e. The Morgan fingerprint density at radius 3 is 2.32 bits per heavy atom. The highest BCUT2D eigenvalue weighted by molar-refractivity contribution is 5.51. The molecular formula is C17H20FN5O2. The van der Waals surface area contributed by atoms with Crippen LogP contribution in [0.2, 0.25) is 0 Å². The molecule has 0 aliphatic carbocycles. The number of rotatable bonds is 5. The zero-order valence-electron chi connectivity index (χ0n) is 14.6. The molecule has 25 heavy (non-hydrogen) atoms. The maximum atomic E-state index is 13.1. The van der Waals surface area contributed by atoms with Crippen molar-refractivity contribution in [1.29, 1.82) is 5.26 Å². The first-order valence-electron chi connectivity index (χ1n) is 7.63. The van der Waals surface area contributed by atoms with Crippen LogP contribution in [0, 0.1) is 17.1 Å². The van der Waals surface area contributed by atoms with E-state index in [4.69, 9.17) is 0 Å². The number of nitrogens with one attached hydrogen (secondary N) is 1. The number of nitrogens with zero attached hydrogens (tertiary/aromatic N) is 4. The highest BCUT2D eigenvalue weighted by atomic mass is 19.1. The molecule has 7 nitrogen and oxygen atoms in total. The number of nitriles is 1. The Morgan fingerprint density at radius 1 is 1.20 bits per heavy atom. The number of hydrogen-bond donors (Lipinski definition) is 1. The summed E-state index contributed by atoms with van der Waals surface area (Å²) in [5, 5.41) is 12.3. The van der Waals surface area contributed by atoms with Crippen LogP contribution in [0.5, 0.6) is 0 Å². The molecule has 2 aromatic rings. The first-order valence-corrected chi connectivity index (χ1v) is 7.63. The number of aromatic nitrogens is 2. The quantitative estimate of drug-likeness (QED) is 0.867. The summed E-state index contributed by atoms with van der Waals surface area (Å²) in [4.78, 5) is 26.1. The van der Waals surface area contributed by atoms with Crippen LogP contribution in [-0.2, 0) is 14.1 Å². The van der Waals surface area contributed by atoms with Gasteiger partial charge in [-0.3, -0.25) is 13.9 Å². The molecule has 2 rings (SSSR count). The van der Waals surface area contributed by atoms with E-state index in [0.29, 0.717) is 6.54 Å². The Balaban J connectivity index is 2.39. The van der Waals surface area contributed by atoms with E-state index in [-0.39, 0.29) is 23.2 Å². The Hall–Kier alpha value is -2.92. The Labute approximate surface area is 144 Å². The van der Waals surface area contributed by atoms with Crippen molar-refractivity contribution in [2.24, 2.45) is 14.1 Å². The Bertz CT molecular complexity index is 922. The van der Waals surface area contributed by atoms with Crippen molar-refractivity contribution >= 4 is 5.82 Å². The lowest BCUT2D eigenvalue weighted by Crippen LogP contribution is -2.40. The van der Waals surface area contributed by atoms with E-state index in [9.17, 15) is 19.2 Å². The molecule has 0 spiro atoms. The lowest BCUT2D eigenvalue weighted by molar-refractivity contribution is 0.311. The zero-order chi connectivity index (χ0) is 18.7. The molecule has 0 saturated carbocycles. The first kappa shape index (κ1) is 18.4. The van der Waals surface area contributed by atoms with Gasteiger partial charge < -0.3 is 10.2 Å². The molecule has 1 atom stereocenters. The standard InChI is InChI=1S/C17H20FN5O2/c1-21(2)14(11-5-7-12(18)8-6-11)10-20-15-13(9-19)16(24)23(4)17(25)22(15)3/h5-8,14,20H,10H2,1-4H3/t14-/m1/s1. The van der Waals surface area contributed by atoms with Gasteiger partial charge in [-0.25, -0.2) is 9.18 Å². The fourth-order valence-corrected chi connectivity index (χ4v) is 2.63. The number of anilines is 1. The monoisotopic (exact) mass is 345 g/mol. The SMILES string of the molecule is CN(C)[C@H](CNc1c(C#N)c(=O)n(C)c(=O)n1C)c1ccc(F)cc1. The Kier molecular flexibility index (Phi) is 5.39. The topological polar surface area (TPSA) is 83.1 Å². The normalized spacial score (nSPS) is 12.0. The molecule has 0 aliphatic rings. The van der Waals surface area contributed by atoms with E-state index in [1.54, 1.807) is 12.1 Å². The minimum absolute atomic E-state index is 0.124. The van der Waals surface area contributed by atoms with Crippen LogP contribution in [0.4, 0.5) is 10.2 Å². The summed E-state index contributed by atoms with van der Waals surface area (Å²) in [6, 6.07) is 7.81. The summed E-state index contributed by atoms with van der Waals surface area (Å²) in [6.45, 7) is 0.327. The van der Waals surface area contributed by atoms with Gasteiger partial charge in [-0.05, 0) is 31.8 Å². The van der Waals surface area contributed by atoms with Crippen LogP contribution in [0.15, 0.2) is 33.9 Å². The van der Waals surface area contributed by atoms with Crippen LogP contribution < -0.4 is 16.6 Å². The highest BCUT2D eigenvalue weighted by Crippen LogP contribution is 2.20. The molecule has 1 heterocycles. The van der Waals surface area contributed by atoms with E-state index < -0.39 is 11.2 Å². The molecular weight excluding hydrogens is 325 g/mol. The minimum Gasteiger partial charge on any atom is -0.368 e. The van der Waals surface area contributed by atoms with Crippen molar-refractivity contribution in [2.75, 3.05) is 26.0 Å². The molecule has 0 aliphatic heterocycles. The minimum atomic E-state index is -0.642. The molecule has 1 aromatic carbocycles. The van der Waals surface area contributed by atoms with E-state index >= 15 is 0 Å². The molecule has 1 aromatic heterocycles. The van der Waals surface area contributed by atoms with Crippen molar-refractivity contribution < 1.29 is 4.39 Å². The third-order valence-corrected chi connectivity index (χ3v) is 4.12. The van der Waals surface area contributed by atoms with Crippen LogP contribution >= 0.6 is 0 Å². The van der Waals surface area contributed by atoms with Crippen LogP contribution in [0.25, 0.3) is 0 Å². The van der Waals surface area contributed by atoms with E-state index in [0.717, 1.165) is 10.1 Å². The van der Waals surface area contributed by atoms with Gasteiger partial charge in [-0.15, -0.1) is 0 Å². The summed E-state index contributed by atoms with van der Waals surface area (Å²) < 4.78 is 15.3. The fraction of sp³-hybridized carbons (Fsp3) is 0.353. The summed E-state index contributed by atoms with van der Waals surface area (Å²) in [5.74, 6) is -0.153. The molecule has 0 fully saturated rings. The fourth-order valence-electron chi connectivity index (χ4n) is 2.63. The first-order chi connectivity index (χ1) is 11.8. The predicted molar refractivity (Wildman–Crippen MR) is 93.0 cm³/mol. The highest BCUT2D eigenvalue weighted by Gasteiger charge is 2.19. The van der Waals surface area contributed by atoms with Crippen molar-refractivity contribution in [3.8, 4) is 6.07 Å². The number of likely N-dealkylation sites (N-methyl/N-ethyl adjacent to an activating group) is 1. The molecule has 0 radical (unpaired) electrons. The lowest BCUT2D eigenvalue weighted by atomic mass is 10.1. The van der Waals surface area contributed by atoms with Gasteiger partial charge in [0.2, 0.25) is 0 Å². The van der Waals surface area contributed by atoms with E-state index in [1.165, 1.54) is 30.8 Å². The van der Waals surface area contributed by atoms with Crippen LogP contribution in [-0.4, -0.2) is 34.7 Å². The van der Waals surface area contributed by atoms with Gasteiger partial charge in [0, 0.05) is 20.6 Å². The largest absolute Gasteiger partial charge is 0.368 e. The average molecular weight is 345 g/mol. The van der Waals surface area contributed by atoms with Gasteiger partial charge in [0.1, 0.15) is 17.7 Å². The predicted octanol–water partition coefficient (Wildman–Crippen LogP) is 0.810. The Morgan fingerprint density at radius 2 is 1.80 bits per heavy atom. The molecule has 132 valence electrons. The second-order valence-corrected chi connectivity index (χ2v) is 5.95. The summed E-state index contributed by atoms with van der Waals surface area (Å²) in [6.07, 6.45) is 0. The van der Waals surface area contributed by atoms with Gasteiger partial charge in [0.05, 0.1) is 6.04 Å². The van der Waals surface area contributed by atoms with E-state index in [1.807, 2.05) is 25.1 Å². The summed E-state index contributed by atoms with van der Waals surface area (Å²) in [5.41, 5.74) is -0.418. The summed E-state index contributed by atoms with van der Waals surface area (Å²) in [7, 11) is 6.55. The number of hydrogen-bond acceptors (Lipinski definition) is 5. The third kappa shape index (κ3) is 3.61. The van der Waals surface area contributed by atoms with Crippen molar-refractivity contribution in [3.63, 3.8) is 0 Å². The molecule has 0 amide bonds. The van der Waals surface area contributed by atoms with Crippen molar-refractivity contribution in [2.45, 2.75) is 6.04 Å². The number of halogens is 1. The molecule has 8 heteroatoms. The molecule has 0 bridgehead atoms. The van der Waals surface area contributed by atoms with Crippen LogP contribution in [0.1, 0.15) is 17.2 Å². The average Bonchev–Trinajstić information content (AvgIpc) is 2.58. The number of benzene rings is 1. The molecule has 0 unspecified atom stereocenters. The maximum Gasteiger partial charge on any atom is 0.332 e. The lowest BCUT2D eigenvalue weighted by Gasteiger charge is -2.26. The van der Waals surface area contributed by atoms with Gasteiger partial charge >= 0.3 is 5.69 Å². The van der Waals surface area contributed by atoms with Gasteiger partial charge in [0.15, 0.2) is 5.56 Å². The van der Waals surface area contributed by atoms with Crippen LogP contribution in [0.3, 0.4) is 0 Å². The van der Waals surface area contributed by atoms with Gasteiger partial charge in [-0.2, -0.15) is 5.26 Å². The maximum absolute atomic E-state index is 13.1. The van der Waals surface area contributed by atoms with E-state index in [2.05, 4.69) is 5.32 Å². The van der Waals surface area contributed by atoms with Gasteiger partial charge in [0.25, 0.3) is 5.56 Å². The second kappa shape index (κ2) is 7.32. The molecule has 0 saturated heterocycles. The second-order valence-electron chi connectivity index (χ2n) is 5.95. The zero-order valence-corrected chi connectivity index (χ0v) is 14.6. The summed E-state index contributed by atoms with van der Waals surface area (Å²) >= 11 is 0. The van der Waals surface area contributed by atoms with Crippen molar-refractivity contribution in [1.82, 2.24) is 14.0 Å².